The molecule has 748 valence electrons. The zero-order chi connectivity index (χ0) is 99.9. The number of fused-ring (bicyclic) bond motifs is 4. The molecule has 8 aliphatic heterocycles. The topological polar surface area (TPSA) is 253 Å². The SMILES string of the molecule is COC[C@@H]1[C@@H](c2ccc(-c3cccc(O)c3)cc2)[C@@H]2CN(S(=O)(=O)c3ccccc3C)CCCCN12.Cc1ccccc1-c1ccc([C@@H]2[C@@H](CO)N3CCCCN(S(=O)(=O)c4ccccc4C)C[C@@H]23)cc1.Cc1ccccc1S(=O)(=O)N1CCCCN2[C@H](CO)[C@@H](c3ccc(-c4cccc(F)c4)cc3)[C@@H]2C1.Cc1ccccc1S(=O)(=O)N1CCCCN2[C@H](CO)[C@@H](c3ccc(-c4cccc(F)c4F)cc3)[C@@H]2C1. The molecule has 142 heavy (non-hydrogen) atoms. The maximum Gasteiger partial charge on any atom is 0.243 e. The maximum atomic E-state index is 14.3. The Morgan fingerprint density at radius 1 is 0.296 bits per heavy atom. The first kappa shape index (κ1) is 103. The normalized spacial score (nSPS) is 23.5. The van der Waals surface area contributed by atoms with Gasteiger partial charge in [0.15, 0.2) is 11.6 Å². The summed E-state index contributed by atoms with van der Waals surface area (Å²) in [4.78, 5) is 10.7. The number of halogens is 3. The fourth-order valence-corrected chi connectivity index (χ4v) is 30.0. The zero-order valence-electron chi connectivity index (χ0n) is 81.3. The molecule has 0 amide bonds. The van der Waals surface area contributed by atoms with Gasteiger partial charge in [0.25, 0.3) is 0 Å². The Morgan fingerprint density at radius 3 is 0.901 bits per heavy atom. The number of hydrogen-bond acceptors (Lipinski definition) is 17. The van der Waals surface area contributed by atoms with Gasteiger partial charge < -0.3 is 25.2 Å². The van der Waals surface area contributed by atoms with Gasteiger partial charge in [0, 0.05) is 137 Å². The van der Waals surface area contributed by atoms with Crippen LogP contribution >= 0.6 is 0 Å². The first-order valence-corrected chi connectivity index (χ1v) is 55.3. The lowest BCUT2D eigenvalue weighted by atomic mass is 9.74. The van der Waals surface area contributed by atoms with Crippen LogP contribution in [0.4, 0.5) is 13.2 Å². The minimum atomic E-state index is -3.67. The maximum absolute atomic E-state index is 14.3. The highest BCUT2D eigenvalue weighted by Crippen LogP contribution is 2.49. The van der Waals surface area contributed by atoms with E-state index in [1.807, 2.05) is 124 Å². The molecule has 4 N–H and O–H groups in total. The summed E-state index contributed by atoms with van der Waals surface area (Å²) in [5.74, 6) is -1.58. The van der Waals surface area contributed by atoms with E-state index in [0.717, 1.165) is 145 Å². The summed E-state index contributed by atoms with van der Waals surface area (Å²) in [5.41, 5.74) is 15.5. The quantitative estimate of drug-likeness (QED) is 0.0522. The molecule has 12 atom stereocenters. The number of aliphatic hydroxyl groups is 3. The Kier molecular flexibility index (Phi) is 32.7. The van der Waals surface area contributed by atoms with Gasteiger partial charge in [-0.25, -0.2) is 46.8 Å². The highest BCUT2D eigenvalue weighted by atomic mass is 32.2. The van der Waals surface area contributed by atoms with Crippen LogP contribution in [-0.2, 0) is 44.8 Å². The van der Waals surface area contributed by atoms with Crippen molar-refractivity contribution in [3.05, 3.63) is 353 Å². The van der Waals surface area contributed by atoms with Crippen molar-refractivity contribution >= 4 is 40.1 Å². The molecule has 8 fully saturated rings. The van der Waals surface area contributed by atoms with E-state index in [1.54, 1.807) is 116 Å². The van der Waals surface area contributed by atoms with E-state index in [9.17, 15) is 67.3 Å². The number of nitrogens with zero attached hydrogens (tertiary/aromatic N) is 8. The fraction of sp³-hybridized carbons (Fsp3) is 0.368. The Labute approximate surface area is 835 Å². The molecule has 21 nitrogen and oxygen atoms in total. The van der Waals surface area contributed by atoms with Crippen LogP contribution in [0.25, 0.3) is 44.5 Å². The molecule has 0 radical (unpaired) electrons. The Balaban J connectivity index is 0.000000130. The van der Waals surface area contributed by atoms with Crippen molar-refractivity contribution in [3.8, 4) is 50.3 Å². The highest BCUT2D eigenvalue weighted by molar-refractivity contribution is 7.90. The minimum Gasteiger partial charge on any atom is -0.508 e. The lowest BCUT2D eigenvalue weighted by Crippen LogP contribution is -2.68. The molecule has 0 aliphatic carbocycles. The van der Waals surface area contributed by atoms with Gasteiger partial charge in [-0.15, -0.1) is 0 Å². The molecular weight excluding hydrogens is 1870 g/mol. The Morgan fingerprint density at radius 2 is 0.577 bits per heavy atom. The molecule has 0 aromatic heterocycles. The van der Waals surface area contributed by atoms with Crippen LogP contribution in [0.2, 0.25) is 0 Å². The molecule has 8 saturated heterocycles. The Hall–Kier alpha value is -10.5. The second-order valence-electron chi connectivity index (χ2n) is 38.9. The van der Waals surface area contributed by atoms with E-state index < -0.39 is 51.7 Å². The van der Waals surface area contributed by atoms with Gasteiger partial charge >= 0.3 is 0 Å². The van der Waals surface area contributed by atoms with Crippen LogP contribution in [0.15, 0.2) is 305 Å². The number of aromatic hydroxyl groups is 1. The van der Waals surface area contributed by atoms with Gasteiger partial charge in [0.2, 0.25) is 40.1 Å². The second kappa shape index (κ2) is 45.0. The first-order chi connectivity index (χ1) is 68.5. The number of phenolic OH excluding ortho intramolecular Hbond substituents is 1. The van der Waals surface area contributed by atoms with E-state index in [-0.39, 0.29) is 109 Å². The number of sulfonamides is 4. The summed E-state index contributed by atoms with van der Waals surface area (Å²) in [7, 11) is -12.7. The third-order valence-electron chi connectivity index (χ3n) is 30.6. The van der Waals surface area contributed by atoms with E-state index in [2.05, 4.69) is 93.3 Å². The van der Waals surface area contributed by atoms with Gasteiger partial charge in [-0.1, -0.05) is 231 Å². The van der Waals surface area contributed by atoms with Crippen molar-refractivity contribution in [3.63, 3.8) is 0 Å². The van der Waals surface area contributed by atoms with Crippen molar-refractivity contribution in [2.75, 3.05) is 112 Å². The van der Waals surface area contributed by atoms with Crippen molar-refractivity contribution in [2.45, 2.75) is 178 Å². The van der Waals surface area contributed by atoms with Crippen LogP contribution in [0.3, 0.4) is 0 Å². The number of methoxy groups -OCH3 is 1. The zero-order valence-corrected chi connectivity index (χ0v) is 84.6. The molecule has 12 aromatic rings. The van der Waals surface area contributed by atoms with Gasteiger partial charge in [0.1, 0.15) is 11.6 Å². The monoisotopic (exact) mass is 2000 g/mol. The average Bonchev–Trinajstić information content (AvgIpc) is 0.747. The number of rotatable bonds is 21. The molecule has 8 aliphatic rings. The summed E-state index contributed by atoms with van der Waals surface area (Å²) >= 11 is 0. The van der Waals surface area contributed by atoms with Crippen LogP contribution in [0.1, 0.15) is 125 Å². The van der Waals surface area contributed by atoms with E-state index in [4.69, 9.17) is 4.74 Å². The van der Waals surface area contributed by atoms with E-state index >= 15 is 0 Å². The standard InChI is InChI=1S/C29H34N2O4S.C29H34N2O3S.C28H30F2N2O3S.C28H31FN2O3S/c1-21-8-3-4-11-28(21)36(33,34)30-16-5-6-17-31-26(19-30)29(27(31)20-35-2)23-14-12-22(13-15-23)24-9-7-10-25(32)18-24;1-21-9-3-5-11-25(21)23-13-15-24(16-14-23)29-26-19-30(17-7-8-18-31(26)27(29)20-32)35(33,34)28-12-6-4-10-22(28)2;1-19-7-2-3-10-26(19)36(34,35)31-15-4-5-16-32-24(17-31)27(25(32)18-33)21-13-11-20(12-14-21)22-8-6-9-23(29)28(22)30;1-20-7-2-3-10-27(20)35(33,34)30-15-4-5-16-31-25(18-30)28(26(31)19-32)22-13-11-21(12-14-22)23-8-6-9-24(29)17-23/h3-4,7-15,18,26-27,29,32H,5-6,16-17,19-20H2,1-2H3;3-6,9-16,26-27,29,32H,7-8,17-20H2,1-2H3;2-3,6-14,24-25,27,33H,4-5,15-18H2,1H3;2-3,6-14,17,25-26,28,32H,4-5,15-16,18-19H2,1H3/t2*26-,27+,29-;24-,25+,27-;25-,26+,28-/m0000/s1. The van der Waals surface area contributed by atoms with Gasteiger partial charge in [0.05, 0.1) is 46.0 Å². The first-order valence-electron chi connectivity index (χ1n) is 49.6. The average molecular weight is 2000 g/mol. The molecule has 0 bridgehead atoms. The highest BCUT2D eigenvalue weighted by Gasteiger charge is 2.55. The summed E-state index contributed by atoms with van der Waals surface area (Å²) in [6, 6.07) is 87.4. The summed E-state index contributed by atoms with van der Waals surface area (Å²) in [5, 5.41) is 40.5. The predicted molar refractivity (Wildman–Crippen MR) is 552 cm³/mol. The molecule has 0 unspecified atom stereocenters. The van der Waals surface area contributed by atoms with Gasteiger partial charge in [-0.3, -0.25) is 19.6 Å². The van der Waals surface area contributed by atoms with Crippen LogP contribution in [-0.4, -0.2) is 251 Å². The lowest BCUT2D eigenvalue weighted by Gasteiger charge is -2.57. The van der Waals surface area contributed by atoms with Crippen molar-refractivity contribution in [1.29, 1.82) is 0 Å². The van der Waals surface area contributed by atoms with Crippen molar-refractivity contribution < 1.29 is 72.0 Å². The minimum absolute atomic E-state index is 0.00809. The van der Waals surface area contributed by atoms with Gasteiger partial charge in [-0.05, 0) is 256 Å². The number of phenols is 1. The molecule has 20 rings (SSSR count). The summed E-state index contributed by atoms with van der Waals surface area (Å²) in [6.45, 7) is 17.3. The van der Waals surface area contributed by atoms with Gasteiger partial charge in [-0.2, -0.15) is 17.2 Å². The second-order valence-corrected chi connectivity index (χ2v) is 46.5. The number of benzene rings is 12. The number of aryl methyl sites for hydroxylation is 5. The van der Waals surface area contributed by atoms with E-state index in [1.165, 1.54) is 46.5 Å². The summed E-state index contributed by atoms with van der Waals surface area (Å²) in [6.07, 6.45) is 6.82. The lowest BCUT2D eigenvalue weighted by molar-refractivity contribution is -0.0635. The largest absolute Gasteiger partial charge is 0.508 e. The van der Waals surface area contributed by atoms with Crippen molar-refractivity contribution in [2.24, 2.45) is 0 Å². The fourth-order valence-electron chi connectivity index (χ4n) is 23.1. The molecule has 0 saturated carbocycles. The molecule has 12 aromatic carbocycles. The number of hydrogen-bond donors (Lipinski definition) is 4. The molecule has 28 heteroatoms. The molecule has 0 spiro atoms. The van der Waals surface area contributed by atoms with Crippen LogP contribution in [0, 0.1) is 52.1 Å². The molecule has 8 heterocycles. The third-order valence-corrected chi connectivity index (χ3v) is 38.7. The summed E-state index contributed by atoms with van der Waals surface area (Å²) < 4.78 is 163. The molecular formula is C114H129F3N8O13S4. The Bertz CT molecular complexity index is 6880. The number of ether oxygens (including phenoxy) is 1. The smallest absolute Gasteiger partial charge is 0.243 e. The predicted octanol–water partition coefficient (Wildman–Crippen LogP) is 18.2. The van der Waals surface area contributed by atoms with Crippen LogP contribution < -0.4 is 0 Å². The van der Waals surface area contributed by atoms with E-state index in [0.29, 0.717) is 84.1 Å². The van der Waals surface area contributed by atoms with Crippen LogP contribution in [0.5, 0.6) is 5.75 Å². The number of aliphatic hydroxyl groups excluding tert-OH is 3. The third kappa shape index (κ3) is 21.5. The van der Waals surface area contributed by atoms with Crippen molar-refractivity contribution in [1.82, 2.24) is 36.8 Å².